The van der Waals surface area contributed by atoms with Crippen molar-refractivity contribution in [1.29, 1.82) is 0 Å². The molecule has 1 aromatic rings. The number of rotatable bonds is 5. The van der Waals surface area contributed by atoms with Crippen LogP contribution in [0.2, 0.25) is 0 Å². The Kier molecular flexibility index (Phi) is 5.04. The third kappa shape index (κ3) is 4.67. The molecule has 2 nitrogen and oxygen atoms in total. The van der Waals surface area contributed by atoms with Gasteiger partial charge in [-0.1, -0.05) is 28.1 Å². The minimum Gasteiger partial charge on any atom is -0.370 e. The van der Waals surface area contributed by atoms with Gasteiger partial charge in [-0.05, 0) is 17.7 Å². The lowest BCUT2D eigenvalue weighted by atomic mass is 10.2. The molecule has 0 aliphatic heterocycles. The molecule has 0 radical (unpaired) electrons. The van der Waals surface area contributed by atoms with Gasteiger partial charge in [-0.3, -0.25) is 4.79 Å². The van der Waals surface area contributed by atoms with Crippen LogP contribution in [0.15, 0.2) is 28.7 Å². The average molecular weight is 274 g/mol. The summed E-state index contributed by atoms with van der Waals surface area (Å²) < 4.78 is 1.09. The molecule has 76 valence electrons. The maximum Gasteiger partial charge on any atom is 0.218 e. The third-order valence-electron chi connectivity index (χ3n) is 1.67. The fourth-order valence-electron chi connectivity index (χ4n) is 0.943. The molecule has 0 heterocycles. The Hall–Kier alpha value is -0.480. The van der Waals surface area contributed by atoms with Gasteiger partial charge in [0.25, 0.3) is 0 Å². The highest BCUT2D eigenvalue weighted by Gasteiger charge is 1.96. The molecule has 0 saturated carbocycles. The molecule has 0 spiro atoms. The number of amides is 1. The first-order chi connectivity index (χ1) is 6.68. The van der Waals surface area contributed by atoms with Crippen molar-refractivity contribution in [2.75, 3.05) is 5.75 Å². The fourth-order valence-corrected chi connectivity index (χ4v) is 2.13. The molecule has 0 aliphatic carbocycles. The number of halogens is 1. The Morgan fingerprint density at radius 1 is 1.36 bits per heavy atom. The lowest BCUT2D eigenvalue weighted by molar-refractivity contribution is -0.117. The van der Waals surface area contributed by atoms with Crippen molar-refractivity contribution in [3.8, 4) is 0 Å². The topological polar surface area (TPSA) is 43.1 Å². The van der Waals surface area contributed by atoms with Gasteiger partial charge in [-0.25, -0.2) is 0 Å². The minimum absolute atomic E-state index is 0.228. The van der Waals surface area contributed by atoms with E-state index in [-0.39, 0.29) is 5.91 Å². The SMILES string of the molecule is NC(=O)CCSCc1ccc(Br)cc1. The number of hydrogen-bond acceptors (Lipinski definition) is 2. The van der Waals surface area contributed by atoms with Crippen molar-refractivity contribution in [2.24, 2.45) is 5.73 Å². The predicted octanol–water partition coefficient (Wildman–Crippen LogP) is 2.56. The molecule has 1 rings (SSSR count). The van der Waals surface area contributed by atoms with E-state index in [0.29, 0.717) is 6.42 Å². The molecular weight excluding hydrogens is 262 g/mol. The van der Waals surface area contributed by atoms with Crippen LogP contribution in [0.1, 0.15) is 12.0 Å². The first-order valence-electron chi connectivity index (χ1n) is 4.29. The van der Waals surface area contributed by atoms with Crippen molar-refractivity contribution in [3.05, 3.63) is 34.3 Å². The van der Waals surface area contributed by atoms with Crippen LogP contribution in [-0.4, -0.2) is 11.7 Å². The summed E-state index contributed by atoms with van der Waals surface area (Å²) in [6.07, 6.45) is 0.460. The van der Waals surface area contributed by atoms with E-state index in [0.717, 1.165) is 16.0 Å². The average Bonchev–Trinajstić information content (AvgIpc) is 2.15. The Labute approximate surface area is 96.4 Å². The number of carbonyl (C=O) groups excluding carboxylic acids is 1. The van der Waals surface area contributed by atoms with Gasteiger partial charge in [0.15, 0.2) is 0 Å². The molecule has 0 saturated heterocycles. The van der Waals surface area contributed by atoms with E-state index in [1.54, 1.807) is 11.8 Å². The molecule has 1 amide bonds. The van der Waals surface area contributed by atoms with Gasteiger partial charge in [-0.15, -0.1) is 0 Å². The molecule has 0 aromatic heterocycles. The largest absolute Gasteiger partial charge is 0.370 e. The summed E-state index contributed by atoms with van der Waals surface area (Å²) in [7, 11) is 0. The number of thioether (sulfide) groups is 1. The highest BCUT2D eigenvalue weighted by Crippen LogP contribution is 2.16. The molecular formula is C10H12BrNOS. The molecule has 0 bridgehead atoms. The molecule has 0 unspecified atom stereocenters. The van der Waals surface area contributed by atoms with E-state index in [9.17, 15) is 4.79 Å². The second-order valence-corrected chi connectivity index (χ2v) is 4.92. The fraction of sp³-hybridized carbons (Fsp3) is 0.300. The van der Waals surface area contributed by atoms with Crippen LogP contribution in [0.25, 0.3) is 0 Å². The van der Waals surface area contributed by atoms with Crippen molar-refractivity contribution in [3.63, 3.8) is 0 Å². The van der Waals surface area contributed by atoms with Gasteiger partial charge in [-0.2, -0.15) is 11.8 Å². The van der Waals surface area contributed by atoms with E-state index in [1.807, 2.05) is 12.1 Å². The van der Waals surface area contributed by atoms with Crippen LogP contribution in [0.3, 0.4) is 0 Å². The van der Waals surface area contributed by atoms with E-state index >= 15 is 0 Å². The number of carbonyl (C=O) groups is 1. The van der Waals surface area contributed by atoms with Gasteiger partial charge >= 0.3 is 0 Å². The molecule has 4 heteroatoms. The summed E-state index contributed by atoms with van der Waals surface area (Å²) in [4.78, 5) is 10.5. The second kappa shape index (κ2) is 6.09. The molecule has 0 aliphatic rings. The maximum atomic E-state index is 10.5. The zero-order chi connectivity index (χ0) is 10.4. The molecule has 0 fully saturated rings. The van der Waals surface area contributed by atoms with Gasteiger partial charge in [0, 0.05) is 22.4 Å². The van der Waals surface area contributed by atoms with Crippen LogP contribution < -0.4 is 5.73 Å². The monoisotopic (exact) mass is 273 g/mol. The quantitative estimate of drug-likeness (QED) is 0.838. The Morgan fingerprint density at radius 2 is 2.00 bits per heavy atom. The van der Waals surface area contributed by atoms with Crippen LogP contribution in [0.4, 0.5) is 0 Å². The number of benzene rings is 1. The van der Waals surface area contributed by atoms with E-state index < -0.39 is 0 Å². The standard InChI is InChI=1S/C10H12BrNOS/c11-9-3-1-8(2-4-9)7-14-6-5-10(12)13/h1-4H,5-7H2,(H2,12,13). The van der Waals surface area contributed by atoms with Gasteiger partial charge in [0.2, 0.25) is 5.91 Å². The minimum atomic E-state index is -0.228. The number of primary amides is 1. The molecule has 0 atom stereocenters. The van der Waals surface area contributed by atoms with E-state index in [4.69, 9.17) is 5.73 Å². The first kappa shape index (κ1) is 11.6. The normalized spacial score (nSPS) is 10.1. The highest BCUT2D eigenvalue weighted by molar-refractivity contribution is 9.10. The Balaban J connectivity index is 2.25. The number of nitrogens with two attached hydrogens (primary N) is 1. The summed E-state index contributed by atoms with van der Waals surface area (Å²) in [6.45, 7) is 0. The Morgan fingerprint density at radius 3 is 2.57 bits per heavy atom. The van der Waals surface area contributed by atoms with Crippen LogP contribution in [0.5, 0.6) is 0 Å². The van der Waals surface area contributed by atoms with Gasteiger partial charge < -0.3 is 5.73 Å². The lowest BCUT2D eigenvalue weighted by Gasteiger charge is -2.00. The summed E-state index contributed by atoms with van der Waals surface area (Å²) in [5, 5.41) is 0. The second-order valence-electron chi connectivity index (χ2n) is 2.90. The van der Waals surface area contributed by atoms with E-state index in [2.05, 4.69) is 28.1 Å². The zero-order valence-corrected chi connectivity index (χ0v) is 10.1. The zero-order valence-electron chi connectivity index (χ0n) is 7.70. The van der Waals surface area contributed by atoms with Crippen molar-refractivity contribution < 1.29 is 4.79 Å². The van der Waals surface area contributed by atoms with Crippen LogP contribution in [-0.2, 0) is 10.5 Å². The smallest absolute Gasteiger partial charge is 0.218 e. The lowest BCUT2D eigenvalue weighted by Crippen LogP contribution is -2.10. The summed E-state index contributed by atoms with van der Waals surface area (Å²) in [5.74, 6) is 1.50. The molecule has 2 N–H and O–H groups in total. The van der Waals surface area contributed by atoms with Crippen LogP contribution in [0, 0.1) is 0 Å². The van der Waals surface area contributed by atoms with Crippen molar-refractivity contribution >= 4 is 33.6 Å². The first-order valence-corrected chi connectivity index (χ1v) is 6.24. The number of hydrogen-bond donors (Lipinski definition) is 1. The predicted molar refractivity (Wildman–Crippen MR) is 64.1 cm³/mol. The van der Waals surface area contributed by atoms with E-state index in [1.165, 1.54) is 5.56 Å². The molecule has 14 heavy (non-hydrogen) atoms. The highest BCUT2D eigenvalue weighted by atomic mass is 79.9. The van der Waals surface area contributed by atoms with Crippen molar-refractivity contribution in [1.82, 2.24) is 0 Å². The Bertz CT molecular complexity index is 299. The summed E-state index contributed by atoms with van der Waals surface area (Å²) >= 11 is 5.10. The van der Waals surface area contributed by atoms with Crippen LogP contribution >= 0.6 is 27.7 Å². The van der Waals surface area contributed by atoms with Gasteiger partial charge in [0.05, 0.1) is 0 Å². The third-order valence-corrected chi connectivity index (χ3v) is 3.23. The van der Waals surface area contributed by atoms with Crippen molar-refractivity contribution in [2.45, 2.75) is 12.2 Å². The molecule has 1 aromatic carbocycles. The maximum absolute atomic E-state index is 10.5. The summed E-state index contributed by atoms with van der Waals surface area (Å²) in [6, 6.07) is 8.18. The van der Waals surface area contributed by atoms with Gasteiger partial charge in [0.1, 0.15) is 0 Å². The summed E-state index contributed by atoms with van der Waals surface area (Å²) in [5.41, 5.74) is 6.30.